The summed E-state index contributed by atoms with van der Waals surface area (Å²) in [6.45, 7) is 3.83. The molecule has 6 heteroatoms. The predicted octanol–water partition coefficient (Wildman–Crippen LogP) is 3.25. The fraction of sp³-hybridized carbons (Fsp3) is 0.0909. The van der Waals surface area contributed by atoms with Gasteiger partial charge in [0.2, 0.25) is 0 Å². The van der Waals surface area contributed by atoms with Crippen LogP contribution in [0.15, 0.2) is 48.5 Å². The van der Waals surface area contributed by atoms with Crippen molar-refractivity contribution in [1.29, 1.82) is 0 Å². The fourth-order valence-corrected chi connectivity index (χ4v) is 3.18. The average molecular weight is 376 g/mol. The normalized spacial score (nSPS) is 10.6. The van der Waals surface area contributed by atoms with E-state index in [4.69, 9.17) is 11.5 Å². The number of amides is 2. The minimum Gasteiger partial charge on any atom is -0.506 e. The molecule has 3 rings (SSSR count). The molecular weight excluding hydrogens is 356 g/mol. The number of benzene rings is 3. The van der Waals surface area contributed by atoms with Crippen molar-refractivity contribution in [2.75, 3.05) is 0 Å². The lowest BCUT2D eigenvalue weighted by molar-refractivity contribution is 0.0989. The van der Waals surface area contributed by atoms with Gasteiger partial charge in [-0.1, -0.05) is 36.4 Å². The summed E-state index contributed by atoms with van der Waals surface area (Å²) >= 11 is 0. The molecule has 6 nitrogen and oxygen atoms in total. The number of aryl methyl sites for hydroxylation is 2. The van der Waals surface area contributed by atoms with E-state index in [-0.39, 0.29) is 22.6 Å². The summed E-state index contributed by atoms with van der Waals surface area (Å²) in [6, 6.07) is 13.1. The Labute approximate surface area is 162 Å². The minimum atomic E-state index is -0.747. The van der Waals surface area contributed by atoms with E-state index in [1.54, 1.807) is 24.3 Å². The topological polar surface area (TPSA) is 127 Å². The summed E-state index contributed by atoms with van der Waals surface area (Å²) in [7, 11) is 0. The highest BCUT2D eigenvalue weighted by atomic mass is 16.3. The maximum absolute atomic E-state index is 11.6. The number of phenols is 2. The minimum absolute atomic E-state index is 0.00298. The smallest absolute Gasteiger partial charge is 0.252 e. The summed E-state index contributed by atoms with van der Waals surface area (Å²) in [5.41, 5.74) is 14.5. The van der Waals surface area contributed by atoms with Crippen LogP contribution in [0.3, 0.4) is 0 Å². The first-order chi connectivity index (χ1) is 13.2. The van der Waals surface area contributed by atoms with Gasteiger partial charge in [-0.15, -0.1) is 0 Å². The molecule has 0 heterocycles. The molecule has 0 spiro atoms. The molecule has 2 amide bonds. The Kier molecular flexibility index (Phi) is 4.79. The van der Waals surface area contributed by atoms with Crippen LogP contribution >= 0.6 is 0 Å². The zero-order valence-electron chi connectivity index (χ0n) is 15.5. The third-order valence-corrected chi connectivity index (χ3v) is 4.82. The second kappa shape index (κ2) is 7.08. The van der Waals surface area contributed by atoms with Crippen molar-refractivity contribution in [3.63, 3.8) is 0 Å². The Morgan fingerprint density at radius 3 is 1.36 bits per heavy atom. The third kappa shape index (κ3) is 3.16. The molecule has 0 radical (unpaired) electrons. The van der Waals surface area contributed by atoms with Crippen LogP contribution in [0.2, 0.25) is 0 Å². The van der Waals surface area contributed by atoms with Crippen molar-refractivity contribution in [3.8, 4) is 33.8 Å². The summed E-state index contributed by atoms with van der Waals surface area (Å²) in [4.78, 5) is 23.3. The highest BCUT2D eigenvalue weighted by Gasteiger charge is 2.20. The van der Waals surface area contributed by atoms with E-state index in [0.717, 1.165) is 11.1 Å². The summed E-state index contributed by atoms with van der Waals surface area (Å²) < 4.78 is 0. The first-order valence-electron chi connectivity index (χ1n) is 8.58. The molecule has 0 saturated heterocycles. The molecule has 0 unspecified atom stereocenters. The molecule has 0 aliphatic rings. The maximum Gasteiger partial charge on any atom is 0.252 e. The summed E-state index contributed by atoms with van der Waals surface area (Å²) in [5, 5.41) is 21.2. The second-order valence-corrected chi connectivity index (χ2v) is 6.61. The van der Waals surface area contributed by atoms with Gasteiger partial charge in [-0.2, -0.15) is 0 Å². The molecule has 0 aromatic heterocycles. The molecule has 3 aromatic carbocycles. The highest BCUT2D eigenvalue weighted by Crippen LogP contribution is 2.43. The Morgan fingerprint density at radius 1 is 0.679 bits per heavy atom. The number of hydrogen-bond acceptors (Lipinski definition) is 4. The molecule has 6 N–H and O–H groups in total. The summed E-state index contributed by atoms with van der Waals surface area (Å²) in [6.07, 6.45) is 0. The van der Waals surface area contributed by atoms with Crippen molar-refractivity contribution in [3.05, 3.63) is 70.8 Å². The first-order valence-corrected chi connectivity index (χ1v) is 8.58. The molecule has 0 saturated carbocycles. The van der Waals surface area contributed by atoms with Gasteiger partial charge >= 0.3 is 0 Å². The Hall–Kier alpha value is -3.80. The van der Waals surface area contributed by atoms with Gasteiger partial charge in [-0.3, -0.25) is 9.59 Å². The molecular formula is C22H20N2O4. The predicted molar refractivity (Wildman–Crippen MR) is 107 cm³/mol. The van der Waals surface area contributed by atoms with Crippen LogP contribution in [-0.2, 0) is 0 Å². The van der Waals surface area contributed by atoms with E-state index in [0.29, 0.717) is 22.3 Å². The molecule has 0 fully saturated rings. The Balaban J connectivity index is 2.37. The number of hydrogen-bond donors (Lipinski definition) is 4. The van der Waals surface area contributed by atoms with Crippen LogP contribution in [0.4, 0.5) is 0 Å². The lowest BCUT2D eigenvalue weighted by Crippen LogP contribution is -2.11. The van der Waals surface area contributed by atoms with Gasteiger partial charge in [-0.25, -0.2) is 0 Å². The first kappa shape index (κ1) is 19.0. The number of aromatic hydroxyl groups is 2. The molecule has 0 aliphatic heterocycles. The largest absolute Gasteiger partial charge is 0.506 e. The van der Waals surface area contributed by atoms with Crippen molar-refractivity contribution >= 4 is 11.8 Å². The average Bonchev–Trinajstić information content (AvgIpc) is 2.64. The summed E-state index contributed by atoms with van der Waals surface area (Å²) in [5.74, 6) is -1.98. The lowest BCUT2D eigenvalue weighted by Gasteiger charge is -2.17. The Morgan fingerprint density at radius 2 is 1.04 bits per heavy atom. The second-order valence-electron chi connectivity index (χ2n) is 6.61. The number of para-hydroxylation sites is 2. The Bertz CT molecular complexity index is 1030. The van der Waals surface area contributed by atoms with E-state index in [9.17, 15) is 19.8 Å². The maximum atomic E-state index is 11.6. The molecule has 0 bridgehead atoms. The van der Waals surface area contributed by atoms with Crippen LogP contribution < -0.4 is 11.5 Å². The van der Waals surface area contributed by atoms with Gasteiger partial charge in [0.15, 0.2) is 0 Å². The highest BCUT2D eigenvalue weighted by molar-refractivity contribution is 6.02. The monoisotopic (exact) mass is 376 g/mol. The van der Waals surface area contributed by atoms with E-state index in [2.05, 4.69) is 0 Å². The quantitative estimate of drug-likeness (QED) is 0.557. The zero-order valence-corrected chi connectivity index (χ0v) is 15.5. The van der Waals surface area contributed by atoms with Gasteiger partial charge in [-0.05, 0) is 48.2 Å². The number of rotatable bonds is 4. The molecule has 28 heavy (non-hydrogen) atoms. The van der Waals surface area contributed by atoms with Crippen LogP contribution in [-0.4, -0.2) is 22.0 Å². The van der Waals surface area contributed by atoms with Gasteiger partial charge in [0.05, 0.1) is 11.1 Å². The number of carbonyl (C=O) groups is 2. The molecule has 142 valence electrons. The van der Waals surface area contributed by atoms with E-state index in [1.807, 2.05) is 26.0 Å². The standard InChI is InChI=1S/C22H20N2O4/c1-11-9-17(13-5-3-7-15(19(13)25)21(23)27)18(10-12(11)2)14-6-4-8-16(20(14)26)22(24)28/h3-10,25-26H,1-2H3,(H2,23,27)(H2,24,28). The van der Waals surface area contributed by atoms with Gasteiger partial charge in [0.1, 0.15) is 11.5 Å². The zero-order chi connectivity index (χ0) is 20.6. The third-order valence-electron chi connectivity index (χ3n) is 4.82. The number of nitrogens with two attached hydrogens (primary N) is 2. The van der Waals surface area contributed by atoms with E-state index < -0.39 is 11.8 Å². The van der Waals surface area contributed by atoms with Crippen molar-refractivity contribution in [2.24, 2.45) is 11.5 Å². The van der Waals surface area contributed by atoms with Crippen molar-refractivity contribution < 1.29 is 19.8 Å². The molecule has 0 aliphatic carbocycles. The molecule has 0 atom stereocenters. The van der Waals surface area contributed by atoms with Gasteiger partial charge in [0.25, 0.3) is 11.8 Å². The van der Waals surface area contributed by atoms with Crippen LogP contribution in [0, 0.1) is 13.8 Å². The van der Waals surface area contributed by atoms with Crippen molar-refractivity contribution in [1.82, 2.24) is 0 Å². The molecule has 3 aromatic rings. The van der Waals surface area contributed by atoms with Crippen LogP contribution in [0.5, 0.6) is 11.5 Å². The SMILES string of the molecule is Cc1cc(-c2cccc(C(N)=O)c2O)c(-c2cccc(C(N)=O)c2O)cc1C. The van der Waals surface area contributed by atoms with Gasteiger partial charge in [0, 0.05) is 11.1 Å². The lowest BCUT2D eigenvalue weighted by atomic mass is 9.88. The van der Waals surface area contributed by atoms with Gasteiger partial charge < -0.3 is 21.7 Å². The van der Waals surface area contributed by atoms with Crippen molar-refractivity contribution in [2.45, 2.75) is 13.8 Å². The van der Waals surface area contributed by atoms with E-state index >= 15 is 0 Å². The number of carbonyl (C=O) groups excluding carboxylic acids is 2. The van der Waals surface area contributed by atoms with E-state index in [1.165, 1.54) is 12.1 Å². The van der Waals surface area contributed by atoms with Crippen LogP contribution in [0.1, 0.15) is 31.8 Å². The fourth-order valence-electron chi connectivity index (χ4n) is 3.18. The number of primary amides is 2. The van der Waals surface area contributed by atoms with Crippen LogP contribution in [0.25, 0.3) is 22.3 Å².